The van der Waals surface area contributed by atoms with Crippen molar-refractivity contribution in [2.75, 3.05) is 12.8 Å². The molecule has 2 heterocycles. The molecule has 0 bridgehead atoms. The molecule has 3 N–H and O–H groups in total. The Morgan fingerprint density at radius 3 is 2.72 bits per heavy atom. The minimum absolute atomic E-state index is 0.239. The lowest BCUT2D eigenvalue weighted by Gasteiger charge is -2.13. The number of nitrogens with zero attached hydrogens (tertiary/aromatic N) is 2. The molecule has 2 aromatic rings. The van der Waals surface area contributed by atoms with Crippen molar-refractivity contribution in [2.24, 2.45) is 0 Å². The Bertz CT molecular complexity index is 546. The molecular formula is C12H12ClN3O2. The van der Waals surface area contributed by atoms with E-state index >= 15 is 0 Å². The van der Waals surface area contributed by atoms with E-state index in [1.54, 1.807) is 18.2 Å². The monoisotopic (exact) mass is 265 g/mol. The Morgan fingerprint density at radius 1 is 1.33 bits per heavy atom. The fourth-order valence-electron chi connectivity index (χ4n) is 1.54. The standard InChI is InChI=1S/C12H12ClN3O2/c1-18-10-3-2-7(5-15-10)11(17)9-4-8(13)6-16-12(9)14/h2-6,11,17H,1H3,(H2,14,16). The summed E-state index contributed by atoms with van der Waals surface area (Å²) in [7, 11) is 1.53. The second-order valence-corrected chi connectivity index (χ2v) is 4.10. The average Bonchev–Trinajstić information content (AvgIpc) is 2.41. The van der Waals surface area contributed by atoms with Crippen LogP contribution < -0.4 is 10.5 Å². The first-order valence-corrected chi connectivity index (χ1v) is 5.58. The Labute approximate surface area is 109 Å². The summed E-state index contributed by atoms with van der Waals surface area (Å²) in [6.07, 6.45) is 2.03. The van der Waals surface area contributed by atoms with E-state index in [0.29, 0.717) is 22.0 Å². The van der Waals surface area contributed by atoms with Gasteiger partial charge in [0.2, 0.25) is 5.88 Å². The summed E-state index contributed by atoms with van der Waals surface area (Å²) in [5.74, 6) is 0.714. The third-order valence-corrected chi connectivity index (χ3v) is 2.70. The van der Waals surface area contributed by atoms with Gasteiger partial charge in [-0.1, -0.05) is 11.6 Å². The maximum absolute atomic E-state index is 10.2. The summed E-state index contributed by atoms with van der Waals surface area (Å²) in [5.41, 5.74) is 6.75. The smallest absolute Gasteiger partial charge is 0.212 e. The van der Waals surface area contributed by atoms with Gasteiger partial charge >= 0.3 is 0 Å². The molecule has 2 aromatic heterocycles. The van der Waals surface area contributed by atoms with E-state index in [1.807, 2.05) is 0 Å². The number of hydrogen-bond donors (Lipinski definition) is 2. The highest BCUT2D eigenvalue weighted by atomic mass is 35.5. The molecule has 0 saturated heterocycles. The molecule has 1 atom stereocenters. The van der Waals surface area contributed by atoms with Gasteiger partial charge in [0.15, 0.2) is 0 Å². The first-order chi connectivity index (χ1) is 8.61. The summed E-state index contributed by atoms with van der Waals surface area (Å²) in [5, 5.41) is 10.6. The van der Waals surface area contributed by atoms with E-state index in [2.05, 4.69) is 9.97 Å². The van der Waals surface area contributed by atoms with Gasteiger partial charge < -0.3 is 15.6 Å². The van der Waals surface area contributed by atoms with Crippen molar-refractivity contribution in [3.05, 3.63) is 46.7 Å². The second-order valence-electron chi connectivity index (χ2n) is 3.66. The van der Waals surface area contributed by atoms with Gasteiger partial charge in [-0.2, -0.15) is 0 Å². The number of nitrogens with two attached hydrogens (primary N) is 1. The number of methoxy groups -OCH3 is 1. The normalized spacial score (nSPS) is 12.2. The number of halogens is 1. The van der Waals surface area contributed by atoms with E-state index in [4.69, 9.17) is 22.1 Å². The number of anilines is 1. The van der Waals surface area contributed by atoms with Gasteiger partial charge in [-0.15, -0.1) is 0 Å². The summed E-state index contributed by atoms with van der Waals surface area (Å²) in [6, 6.07) is 4.95. The van der Waals surface area contributed by atoms with Crippen LogP contribution in [0.1, 0.15) is 17.2 Å². The van der Waals surface area contributed by atoms with Gasteiger partial charge in [0, 0.05) is 29.6 Å². The first-order valence-electron chi connectivity index (χ1n) is 5.20. The second kappa shape index (κ2) is 5.20. The van der Waals surface area contributed by atoms with Crippen molar-refractivity contribution in [3.8, 4) is 5.88 Å². The van der Waals surface area contributed by atoms with Gasteiger partial charge in [0.1, 0.15) is 11.9 Å². The zero-order valence-corrected chi connectivity index (χ0v) is 10.4. The quantitative estimate of drug-likeness (QED) is 0.884. The highest BCUT2D eigenvalue weighted by Crippen LogP contribution is 2.27. The summed E-state index contributed by atoms with van der Waals surface area (Å²) >= 11 is 5.83. The molecular weight excluding hydrogens is 254 g/mol. The Kier molecular flexibility index (Phi) is 3.64. The van der Waals surface area contributed by atoms with E-state index in [9.17, 15) is 5.11 Å². The highest BCUT2D eigenvalue weighted by molar-refractivity contribution is 6.30. The topological polar surface area (TPSA) is 81.3 Å². The molecule has 6 heteroatoms. The maximum atomic E-state index is 10.2. The molecule has 0 aliphatic carbocycles. The third-order valence-electron chi connectivity index (χ3n) is 2.49. The average molecular weight is 266 g/mol. The molecule has 18 heavy (non-hydrogen) atoms. The molecule has 0 aliphatic rings. The van der Waals surface area contributed by atoms with Crippen LogP contribution >= 0.6 is 11.6 Å². The number of nitrogen functional groups attached to an aromatic ring is 1. The van der Waals surface area contributed by atoms with Crippen molar-refractivity contribution in [1.82, 2.24) is 9.97 Å². The van der Waals surface area contributed by atoms with Crippen LogP contribution in [0.4, 0.5) is 5.82 Å². The number of ether oxygens (including phenoxy) is 1. The largest absolute Gasteiger partial charge is 0.481 e. The van der Waals surface area contributed by atoms with Crippen molar-refractivity contribution < 1.29 is 9.84 Å². The van der Waals surface area contributed by atoms with Crippen molar-refractivity contribution in [3.63, 3.8) is 0 Å². The molecule has 2 rings (SSSR count). The van der Waals surface area contributed by atoms with Crippen LogP contribution in [-0.4, -0.2) is 22.2 Å². The van der Waals surface area contributed by atoms with E-state index < -0.39 is 6.10 Å². The number of pyridine rings is 2. The zero-order chi connectivity index (χ0) is 13.1. The lowest BCUT2D eigenvalue weighted by atomic mass is 10.0. The number of rotatable bonds is 3. The fourth-order valence-corrected chi connectivity index (χ4v) is 1.70. The van der Waals surface area contributed by atoms with Crippen LogP contribution in [0.3, 0.4) is 0 Å². The van der Waals surface area contributed by atoms with Crippen molar-refractivity contribution in [2.45, 2.75) is 6.10 Å². The van der Waals surface area contributed by atoms with E-state index in [-0.39, 0.29) is 5.82 Å². The van der Waals surface area contributed by atoms with Crippen LogP contribution in [0.5, 0.6) is 5.88 Å². The lowest BCUT2D eigenvalue weighted by Crippen LogP contribution is -2.06. The lowest BCUT2D eigenvalue weighted by molar-refractivity contribution is 0.220. The predicted octanol–water partition coefficient (Wildman–Crippen LogP) is 1.80. The zero-order valence-electron chi connectivity index (χ0n) is 9.67. The summed E-state index contributed by atoms with van der Waals surface area (Å²) in [4.78, 5) is 7.92. The molecule has 0 amide bonds. The van der Waals surface area contributed by atoms with Gasteiger partial charge in [0.25, 0.3) is 0 Å². The van der Waals surface area contributed by atoms with Gasteiger partial charge in [-0.05, 0) is 12.1 Å². The van der Waals surface area contributed by atoms with Gasteiger partial charge in [-0.25, -0.2) is 9.97 Å². The molecule has 0 aliphatic heterocycles. The van der Waals surface area contributed by atoms with Crippen LogP contribution in [0, 0.1) is 0 Å². The molecule has 0 saturated carbocycles. The predicted molar refractivity (Wildman–Crippen MR) is 68.5 cm³/mol. The molecule has 0 spiro atoms. The van der Waals surface area contributed by atoms with E-state index in [0.717, 1.165) is 0 Å². The molecule has 5 nitrogen and oxygen atoms in total. The molecule has 1 unspecified atom stereocenters. The number of hydrogen-bond acceptors (Lipinski definition) is 5. The van der Waals surface area contributed by atoms with Gasteiger partial charge in [-0.3, -0.25) is 0 Å². The Balaban J connectivity index is 2.34. The molecule has 0 aromatic carbocycles. The molecule has 94 valence electrons. The van der Waals surface area contributed by atoms with Crippen LogP contribution in [0.15, 0.2) is 30.6 Å². The highest BCUT2D eigenvalue weighted by Gasteiger charge is 2.15. The molecule has 0 fully saturated rings. The fraction of sp³-hybridized carbons (Fsp3) is 0.167. The van der Waals surface area contributed by atoms with E-state index in [1.165, 1.54) is 19.5 Å². The first kappa shape index (κ1) is 12.6. The Hall–Kier alpha value is -1.85. The number of aliphatic hydroxyl groups excluding tert-OH is 1. The number of aliphatic hydroxyl groups is 1. The van der Waals surface area contributed by atoms with Gasteiger partial charge in [0.05, 0.1) is 12.1 Å². The van der Waals surface area contributed by atoms with Crippen LogP contribution in [0.25, 0.3) is 0 Å². The van der Waals surface area contributed by atoms with Crippen LogP contribution in [0.2, 0.25) is 5.02 Å². The SMILES string of the molecule is COc1ccc(C(O)c2cc(Cl)cnc2N)cn1. The summed E-state index contributed by atoms with van der Waals surface area (Å²) < 4.78 is 4.95. The third kappa shape index (κ3) is 2.52. The number of aromatic nitrogens is 2. The maximum Gasteiger partial charge on any atom is 0.212 e. The summed E-state index contributed by atoms with van der Waals surface area (Å²) in [6.45, 7) is 0. The Morgan fingerprint density at radius 2 is 2.11 bits per heavy atom. The minimum atomic E-state index is -0.922. The van der Waals surface area contributed by atoms with Crippen LogP contribution in [-0.2, 0) is 0 Å². The minimum Gasteiger partial charge on any atom is -0.481 e. The molecule has 0 radical (unpaired) electrons. The van der Waals surface area contributed by atoms with Crippen molar-refractivity contribution in [1.29, 1.82) is 0 Å². The van der Waals surface area contributed by atoms with Crippen molar-refractivity contribution >= 4 is 17.4 Å².